The highest BCUT2D eigenvalue weighted by Gasteiger charge is 2.33. The van der Waals surface area contributed by atoms with Gasteiger partial charge in [0.15, 0.2) is 0 Å². The number of nitrogens with zero attached hydrogens (tertiary/aromatic N) is 2. The minimum atomic E-state index is -0.441. The molecule has 4 aromatic carbocycles. The van der Waals surface area contributed by atoms with Crippen molar-refractivity contribution in [2.75, 3.05) is 48.4 Å². The van der Waals surface area contributed by atoms with Crippen molar-refractivity contribution in [3.63, 3.8) is 0 Å². The van der Waals surface area contributed by atoms with Crippen LogP contribution in [0.3, 0.4) is 0 Å². The third kappa shape index (κ3) is 8.49. The molecule has 0 aromatic heterocycles. The van der Waals surface area contributed by atoms with Crippen LogP contribution in [0.4, 0.5) is 27.5 Å². The number of urea groups is 1. The quantitative estimate of drug-likeness (QED) is 0.142. The van der Waals surface area contributed by atoms with Crippen LogP contribution < -0.4 is 26.4 Å². The number of nitrogen functional groups attached to an aromatic ring is 1. The van der Waals surface area contributed by atoms with Crippen LogP contribution in [0, 0.1) is 5.92 Å². The van der Waals surface area contributed by atoms with E-state index in [0.717, 1.165) is 5.56 Å². The van der Waals surface area contributed by atoms with Gasteiger partial charge in [-0.05, 0) is 74.1 Å². The molecule has 1 aliphatic heterocycles. The molecule has 5 rings (SSSR count). The van der Waals surface area contributed by atoms with E-state index in [2.05, 4.69) is 20.9 Å². The maximum Gasteiger partial charge on any atom is 0.323 e. The number of carbonyl (C=O) groups excluding carboxylic acids is 3. The second-order valence-corrected chi connectivity index (χ2v) is 12.2. The minimum Gasteiger partial charge on any atom is -0.488 e. The molecule has 0 unspecified atom stereocenters. The number of anilines is 4. The van der Waals surface area contributed by atoms with Gasteiger partial charge in [0.05, 0.1) is 29.6 Å². The van der Waals surface area contributed by atoms with Gasteiger partial charge in [-0.2, -0.15) is 0 Å². The molecule has 3 atom stereocenters. The summed E-state index contributed by atoms with van der Waals surface area (Å²) >= 11 is 0. The van der Waals surface area contributed by atoms with Crippen molar-refractivity contribution >= 4 is 40.6 Å². The highest BCUT2D eigenvalue weighted by molar-refractivity contribution is 6.06. The number of hydrogen-bond donors (Lipinski definition) is 5. The van der Waals surface area contributed by atoms with E-state index in [1.165, 1.54) is 0 Å². The Balaban J connectivity index is 1.28. The number of aliphatic hydroxyl groups excluding tert-OH is 1. The Labute approximate surface area is 280 Å². The number of ether oxygens (including phenoxy) is 1. The third-order valence-electron chi connectivity index (χ3n) is 8.32. The van der Waals surface area contributed by atoms with Crippen molar-refractivity contribution in [1.29, 1.82) is 0 Å². The first-order chi connectivity index (χ1) is 23.1. The van der Waals surface area contributed by atoms with Crippen LogP contribution in [0.5, 0.6) is 5.75 Å². The number of hydrogen-bond acceptors (Lipinski definition) is 7. The van der Waals surface area contributed by atoms with Crippen LogP contribution >= 0.6 is 0 Å². The maximum absolute atomic E-state index is 13.8. The zero-order valence-electron chi connectivity index (χ0n) is 27.4. The van der Waals surface area contributed by atoms with E-state index in [4.69, 9.17) is 10.5 Å². The van der Waals surface area contributed by atoms with E-state index in [0.29, 0.717) is 59.3 Å². The molecule has 0 aliphatic carbocycles. The van der Waals surface area contributed by atoms with E-state index in [-0.39, 0.29) is 30.4 Å². The monoisotopic (exact) mass is 650 g/mol. The lowest BCUT2D eigenvalue weighted by atomic mass is 9.99. The molecule has 1 aliphatic rings. The van der Waals surface area contributed by atoms with Crippen molar-refractivity contribution in [2.24, 2.45) is 5.92 Å². The Hall–Kier alpha value is -5.39. The number of benzene rings is 4. The molecule has 4 amide bonds. The summed E-state index contributed by atoms with van der Waals surface area (Å²) in [5.74, 6) is -0.181. The van der Waals surface area contributed by atoms with Crippen molar-refractivity contribution < 1.29 is 24.2 Å². The average molecular weight is 651 g/mol. The zero-order valence-corrected chi connectivity index (χ0v) is 27.4. The standard InChI is InChI=1S/C37H42N6O5/c1-24-20-43(25(2)23-44)36(46)30-19-29(40-37(47)39-28-9-5-4-6-10-28)17-18-33(30)48-34(24)22-42(3)21-26-13-15-27(16-14-26)35(45)41-32-12-8-7-11-31(32)38/h4-19,24-25,34,44H,20-23,38H2,1-3H3,(H,41,45)(H2,39,40,47)/t24-,25+,34-/m1/s1. The molecular formula is C37H42N6O5. The van der Waals surface area contributed by atoms with Crippen LogP contribution in [0.15, 0.2) is 97.1 Å². The van der Waals surface area contributed by atoms with E-state index in [9.17, 15) is 19.5 Å². The summed E-state index contributed by atoms with van der Waals surface area (Å²) in [6, 6.07) is 27.7. The number of fused-ring (bicyclic) bond motifs is 1. The lowest BCUT2D eigenvalue weighted by molar-refractivity contribution is 0.0341. The van der Waals surface area contributed by atoms with Crippen LogP contribution in [0.25, 0.3) is 0 Å². The maximum atomic E-state index is 13.8. The molecular weight excluding hydrogens is 608 g/mol. The topological polar surface area (TPSA) is 149 Å². The fourth-order valence-corrected chi connectivity index (χ4v) is 5.58. The molecule has 4 aromatic rings. The van der Waals surface area contributed by atoms with Gasteiger partial charge in [-0.25, -0.2) is 4.79 Å². The molecule has 0 saturated heterocycles. The molecule has 6 N–H and O–H groups in total. The molecule has 11 heteroatoms. The number of nitrogens with one attached hydrogen (secondary N) is 3. The Morgan fingerprint density at radius 3 is 2.35 bits per heavy atom. The fraction of sp³-hybridized carbons (Fsp3) is 0.270. The first-order valence-electron chi connectivity index (χ1n) is 15.9. The summed E-state index contributed by atoms with van der Waals surface area (Å²) in [6.45, 7) is 5.17. The molecule has 0 bridgehead atoms. The molecule has 1 heterocycles. The predicted molar refractivity (Wildman–Crippen MR) is 188 cm³/mol. The van der Waals surface area contributed by atoms with Gasteiger partial charge < -0.3 is 36.4 Å². The van der Waals surface area contributed by atoms with Crippen molar-refractivity contribution in [2.45, 2.75) is 32.5 Å². The van der Waals surface area contributed by atoms with Gasteiger partial charge in [0, 0.05) is 42.5 Å². The number of aliphatic hydroxyl groups is 1. The number of para-hydroxylation sites is 3. The van der Waals surface area contributed by atoms with Gasteiger partial charge in [0.1, 0.15) is 11.9 Å². The fourth-order valence-electron chi connectivity index (χ4n) is 5.58. The van der Waals surface area contributed by atoms with Gasteiger partial charge in [0.2, 0.25) is 0 Å². The van der Waals surface area contributed by atoms with Gasteiger partial charge in [-0.3, -0.25) is 14.5 Å². The number of nitrogens with two attached hydrogens (primary N) is 1. The van der Waals surface area contributed by atoms with Crippen molar-refractivity contribution in [3.8, 4) is 5.75 Å². The largest absolute Gasteiger partial charge is 0.488 e. The predicted octanol–water partition coefficient (Wildman–Crippen LogP) is 5.52. The summed E-state index contributed by atoms with van der Waals surface area (Å²) < 4.78 is 6.52. The molecule has 0 radical (unpaired) electrons. The van der Waals surface area contributed by atoms with Crippen LogP contribution in [-0.4, -0.2) is 71.6 Å². The lowest BCUT2D eigenvalue weighted by Crippen LogP contribution is -2.49. The van der Waals surface area contributed by atoms with Gasteiger partial charge in [0.25, 0.3) is 11.8 Å². The summed E-state index contributed by atoms with van der Waals surface area (Å²) in [5.41, 5.74) is 9.94. The average Bonchev–Trinajstić information content (AvgIpc) is 3.08. The SMILES string of the molecule is C[C@@H]1CN([C@@H](C)CO)C(=O)c2cc(NC(=O)Nc3ccccc3)ccc2O[C@@H]1CN(C)Cc1ccc(C(=O)Nc2ccccc2N)cc1. The van der Waals surface area contributed by atoms with Crippen LogP contribution in [-0.2, 0) is 6.54 Å². The summed E-state index contributed by atoms with van der Waals surface area (Å²) in [6.07, 6.45) is -0.295. The molecule has 0 saturated carbocycles. The van der Waals surface area contributed by atoms with E-state index in [1.54, 1.807) is 59.5 Å². The van der Waals surface area contributed by atoms with Gasteiger partial charge in [-0.15, -0.1) is 0 Å². The molecule has 0 spiro atoms. The minimum absolute atomic E-state index is 0.0653. The van der Waals surface area contributed by atoms with Crippen molar-refractivity contribution in [1.82, 2.24) is 9.80 Å². The summed E-state index contributed by atoms with van der Waals surface area (Å²) in [4.78, 5) is 43.0. The van der Waals surface area contributed by atoms with E-state index < -0.39 is 12.1 Å². The summed E-state index contributed by atoms with van der Waals surface area (Å²) in [7, 11) is 1.99. The van der Waals surface area contributed by atoms with E-state index in [1.807, 2.05) is 63.4 Å². The summed E-state index contributed by atoms with van der Waals surface area (Å²) in [5, 5.41) is 18.4. The highest BCUT2D eigenvalue weighted by atomic mass is 16.5. The number of amides is 4. The Morgan fingerprint density at radius 2 is 1.65 bits per heavy atom. The number of likely N-dealkylation sites (N-methyl/N-ethyl adjacent to an activating group) is 1. The highest BCUT2D eigenvalue weighted by Crippen LogP contribution is 2.31. The van der Waals surface area contributed by atoms with Gasteiger partial charge in [-0.1, -0.05) is 49.4 Å². The normalized spacial score (nSPS) is 16.6. The van der Waals surface area contributed by atoms with Crippen molar-refractivity contribution in [3.05, 3.63) is 114 Å². The third-order valence-corrected chi connectivity index (χ3v) is 8.32. The Bertz CT molecular complexity index is 1730. The first kappa shape index (κ1) is 34.0. The zero-order chi connectivity index (χ0) is 34.2. The second-order valence-electron chi connectivity index (χ2n) is 12.2. The Morgan fingerprint density at radius 1 is 0.958 bits per heavy atom. The number of carbonyl (C=O) groups is 3. The van der Waals surface area contributed by atoms with Crippen LogP contribution in [0.2, 0.25) is 0 Å². The van der Waals surface area contributed by atoms with Crippen LogP contribution in [0.1, 0.15) is 40.1 Å². The van der Waals surface area contributed by atoms with E-state index >= 15 is 0 Å². The first-order valence-corrected chi connectivity index (χ1v) is 15.9. The molecule has 250 valence electrons. The second kappa shape index (κ2) is 15.5. The smallest absolute Gasteiger partial charge is 0.323 e. The molecule has 0 fully saturated rings. The van der Waals surface area contributed by atoms with Gasteiger partial charge >= 0.3 is 6.03 Å². The molecule has 11 nitrogen and oxygen atoms in total. The Kier molecular flexibility index (Phi) is 10.9. The molecule has 48 heavy (non-hydrogen) atoms. The number of rotatable bonds is 10. The lowest BCUT2D eigenvalue weighted by Gasteiger charge is -2.38.